The number of nitrogens with zero attached hydrogens (tertiary/aromatic N) is 3. The first-order valence-corrected chi connectivity index (χ1v) is 8.02. The van der Waals surface area contributed by atoms with Crippen molar-refractivity contribution in [2.75, 3.05) is 25.0 Å². The maximum Gasteiger partial charge on any atom is 0.264 e. The first-order chi connectivity index (χ1) is 12.0. The van der Waals surface area contributed by atoms with Crippen molar-refractivity contribution >= 4 is 24.3 Å². The highest BCUT2D eigenvalue weighted by Gasteiger charge is 2.21. The van der Waals surface area contributed by atoms with E-state index < -0.39 is 24.1 Å². The van der Waals surface area contributed by atoms with Crippen LogP contribution in [0.1, 0.15) is 24.6 Å². The summed E-state index contributed by atoms with van der Waals surface area (Å²) in [7, 11) is 1.69. The predicted molar refractivity (Wildman–Crippen MR) is 93.6 cm³/mol. The van der Waals surface area contributed by atoms with Crippen molar-refractivity contribution in [2.45, 2.75) is 18.8 Å². The van der Waals surface area contributed by atoms with E-state index in [0.29, 0.717) is 17.8 Å². The Morgan fingerprint density at radius 1 is 1.38 bits per heavy atom. The number of benzene rings is 1. The lowest BCUT2D eigenvalue weighted by Crippen LogP contribution is -2.27. The van der Waals surface area contributed by atoms with Gasteiger partial charge in [-0.1, -0.05) is 0 Å². The monoisotopic (exact) mass is 387 g/mol. The molecule has 1 aliphatic heterocycles. The number of anilines is 1. The number of ether oxygens (including phenoxy) is 1. The van der Waals surface area contributed by atoms with Crippen LogP contribution in [0.2, 0.25) is 0 Å². The van der Waals surface area contributed by atoms with Gasteiger partial charge in [0.25, 0.3) is 5.91 Å². The predicted octanol–water partition coefficient (Wildman–Crippen LogP) is 2.00. The third-order valence-corrected chi connectivity index (χ3v) is 3.99. The summed E-state index contributed by atoms with van der Waals surface area (Å²) in [6.45, 7) is 1.42. The topological polar surface area (TPSA) is 81.1 Å². The second-order valence-corrected chi connectivity index (χ2v) is 5.85. The zero-order chi connectivity index (χ0) is 17.8. The number of carbonyl (C=O) groups excluding carboxylic acids is 1. The number of halogens is 3. The molecular formula is C16H20ClF2N5O2. The summed E-state index contributed by atoms with van der Waals surface area (Å²) in [6, 6.07) is 2.89. The van der Waals surface area contributed by atoms with Gasteiger partial charge in [-0.2, -0.15) is 10.1 Å². The number of hydrogen-bond acceptors (Lipinski definition) is 5. The van der Waals surface area contributed by atoms with Gasteiger partial charge in [-0.25, -0.2) is 13.5 Å². The van der Waals surface area contributed by atoms with Crippen molar-refractivity contribution in [1.29, 1.82) is 0 Å². The number of nitrogens with one attached hydrogen (secondary N) is 2. The van der Waals surface area contributed by atoms with Crippen LogP contribution < -0.4 is 15.4 Å². The summed E-state index contributed by atoms with van der Waals surface area (Å²) in [5, 5.41) is 10.2. The molecule has 0 unspecified atom stereocenters. The summed E-state index contributed by atoms with van der Waals surface area (Å²) >= 11 is 0. The fourth-order valence-electron chi connectivity index (χ4n) is 2.66. The number of aromatic nitrogens is 3. The molecule has 1 aromatic heterocycles. The Balaban J connectivity index is 0.00000243. The van der Waals surface area contributed by atoms with Gasteiger partial charge in [-0.15, -0.1) is 12.4 Å². The van der Waals surface area contributed by atoms with Crippen LogP contribution in [0.5, 0.6) is 5.75 Å². The number of piperidine rings is 1. The van der Waals surface area contributed by atoms with Gasteiger partial charge in [0.05, 0.1) is 0 Å². The molecule has 0 atom stereocenters. The molecule has 26 heavy (non-hydrogen) atoms. The molecular weight excluding hydrogens is 368 g/mol. The van der Waals surface area contributed by atoms with Crippen LogP contribution in [0, 0.1) is 11.6 Å². The van der Waals surface area contributed by atoms with Gasteiger partial charge >= 0.3 is 0 Å². The molecule has 2 aromatic rings. The molecule has 10 heteroatoms. The quantitative estimate of drug-likeness (QED) is 0.820. The smallest absolute Gasteiger partial charge is 0.264 e. The summed E-state index contributed by atoms with van der Waals surface area (Å²) in [5.74, 6) is -0.992. The van der Waals surface area contributed by atoms with Crippen molar-refractivity contribution in [3.63, 3.8) is 0 Å². The van der Waals surface area contributed by atoms with E-state index in [4.69, 9.17) is 4.74 Å². The van der Waals surface area contributed by atoms with Crippen molar-refractivity contribution in [3.8, 4) is 5.75 Å². The third kappa shape index (κ3) is 4.89. The van der Waals surface area contributed by atoms with Gasteiger partial charge in [-0.3, -0.25) is 10.1 Å². The van der Waals surface area contributed by atoms with Gasteiger partial charge < -0.3 is 10.1 Å². The Morgan fingerprint density at radius 3 is 2.81 bits per heavy atom. The average Bonchev–Trinajstić information content (AvgIpc) is 2.95. The van der Waals surface area contributed by atoms with Crippen LogP contribution in [-0.2, 0) is 11.8 Å². The van der Waals surface area contributed by atoms with Crippen molar-refractivity contribution in [1.82, 2.24) is 20.1 Å². The lowest BCUT2D eigenvalue weighted by molar-refractivity contribution is -0.118. The highest BCUT2D eigenvalue weighted by molar-refractivity contribution is 5.90. The maximum absolute atomic E-state index is 13.5. The lowest BCUT2D eigenvalue weighted by Gasteiger charge is -2.19. The minimum absolute atomic E-state index is 0. The maximum atomic E-state index is 13.5. The normalized spacial score (nSPS) is 14.6. The Labute approximate surface area is 155 Å². The number of rotatable bonds is 5. The molecule has 7 nitrogen and oxygen atoms in total. The molecule has 0 spiro atoms. The van der Waals surface area contributed by atoms with E-state index in [1.807, 2.05) is 0 Å². The van der Waals surface area contributed by atoms with E-state index in [0.717, 1.165) is 38.1 Å². The van der Waals surface area contributed by atoms with Crippen LogP contribution >= 0.6 is 12.4 Å². The number of hydrogen-bond donors (Lipinski definition) is 2. The molecule has 0 saturated carbocycles. The van der Waals surface area contributed by atoms with Crippen molar-refractivity contribution < 1.29 is 18.3 Å². The Morgan fingerprint density at radius 2 is 2.12 bits per heavy atom. The summed E-state index contributed by atoms with van der Waals surface area (Å²) in [6.07, 6.45) is 1.90. The fourth-order valence-corrected chi connectivity index (χ4v) is 2.66. The van der Waals surface area contributed by atoms with Crippen LogP contribution in [0.25, 0.3) is 0 Å². The van der Waals surface area contributed by atoms with Crippen LogP contribution in [-0.4, -0.2) is 40.4 Å². The molecule has 1 saturated heterocycles. The number of carbonyl (C=O) groups is 1. The van der Waals surface area contributed by atoms with Gasteiger partial charge in [0.2, 0.25) is 5.95 Å². The van der Waals surface area contributed by atoms with E-state index >= 15 is 0 Å². The summed E-state index contributed by atoms with van der Waals surface area (Å²) < 4.78 is 32.9. The first-order valence-electron chi connectivity index (χ1n) is 8.02. The Kier molecular flexibility index (Phi) is 6.87. The fraction of sp³-hybridized carbons (Fsp3) is 0.438. The molecule has 3 rings (SSSR count). The molecule has 1 aliphatic rings. The number of amides is 1. The molecule has 1 aromatic carbocycles. The second-order valence-electron chi connectivity index (χ2n) is 5.85. The Hall–Kier alpha value is -2.26. The zero-order valence-electron chi connectivity index (χ0n) is 14.2. The molecule has 2 N–H and O–H groups in total. The van der Waals surface area contributed by atoms with Crippen molar-refractivity contribution in [3.05, 3.63) is 35.7 Å². The van der Waals surface area contributed by atoms with Crippen LogP contribution in [0.15, 0.2) is 18.2 Å². The van der Waals surface area contributed by atoms with E-state index in [9.17, 15) is 13.6 Å². The molecule has 0 aliphatic carbocycles. The van der Waals surface area contributed by atoms with Gasteiger partial charge in [0.1, 0.15) is 5.82 Å². The zero-order valence-corrected chi connectivity index (χ0v) is 15.0. The van der Waals surface area contributed by atoms with Crippen LogP contribution in [0.4, 0.5) is 14.7 Å². The molecule has 1 amide bonds. The first kappa shape index (κ1) is 20.1. The molecule has 142 valence electrons. The van der Waals surface area contributed by atoms with E-state index in [1.165, 1.54) is 4.68 Å². The molecule has 1 fully saturated rings. The molecule has 2 heterocycles. The van der Waals surface area contributed by atoms with E-state index in [1.54, 1.807) is 7.05 Å². The van der Waals surface area contributed by atoms with Crippen LogP contribution in [0.3, 0.4) is 0 Å². The molecule has 0 radical (unpaired) electrons. The lowest BCUT2D eigenvalue weighted by atomic mass is 9.98. The van der Waals surface area contributed by atoms with Gasteiger partial charge in [0.15, 0.2) is 24.0 Å². The Bertz CT molecular complexity index is 765. The summed E-state index contributed by atoms with van der Waals surface area (Å²) in [4.78, 5) is 16.3. The SMILES string of the molecule is Cl.Cn1nc(C2CCNCC2)nc1NC(=O)COc1ccc(F)cc1F. The standard InChI is InChI=1S/C16H19F2N5O2.ClH/c1-23-16(21-15(22-23)10-4-6-19-7-5-10)20-14(24)9-25-13-3-2-11(17)8-12(13)18;/h2-3,8,10,19H,4-7,9H2,1H3,(H,20,21,22,24);1H. The second kappa shape index (κ2) is 8.91. The largest absolute Gasteiger partial charge is 0.481 e. The third-order valence-electron chi connectivity index (χ3n) is 3.99. The average molecular weight is 388 g/mol. The summed E-state index contributed by atoms with van der Waals surface area (Å²) in [5.41, 5.74) is 0. The van der Waals surface area contributed by atoms with E-state index in [2.05, 4.69) is 20.7 Å². The highest BCUT2D eigenvalue weighted by Crippen LogP contribution is 2.23. The minimum atomic E-state index is -0.861. The minimum Gasteiger partial charge on any atom is -0.481 e. The van der Waals surface area contributed by atoms with Gasteiger partial charge in [0, 0.05) is 19.0 Å². The number of aryl methyl sites for hydroxylation is 1. The molecule has 0 bridgehead atoms. The van der Waals surface area contributed by atoms with E-state index in [-0.39, 0.29) is 24.1 Å². The van der Waals surface area contributed by atoms with Gasteiger partial charge in [-0.05, 0) is 38.1 Å². The van der Waals surface area contributed by atoms with Crippen molar-refractivity contribution in [2.24, 2.45) is 7.05 Å². The highest BCUT2D eigenvalue weighted by atomic mass is 35.5.